The van der Waals surface area contributed by atoms with Crippen LogP contribution in [0.2, 0.25) is 0 Å². The van der Waals surface area contributed by atoms with E-state index in [1.807, 2.05) is 24.3 Å². The fraction of sp³-hybridized carbons (Fsp3) is 0.533. The molecule has 1 saturated carbocycles. The van der Waals surface area contributed by atoms with E-state index in [0.29, 0.717) is 19.2 Å². The summed E-state index contributed by atoms with van der Waals surface area (Å²) in [5, 5.41) is 8.91. The molecule has 0 unspecified atom stereocenters. The van der Waals surface area contributed by atoms with Crippen LogP contribution in [0.1, 0.15) is 25.7 Å². The fourth-order valence-electron chi connectivity index (χ4n) is 2.56. The van der Waals surface area contributed by atoms with E-state index in [-0.39, 0.29) is 0 Å². The zero-order chi connectivity index (χ0) is 13.5. The average Bonchev–Trinajstić information content (AvgIpc) is 2.94. The maximum Gasteiger partial charge on any atom is 0.119 e. The van der Waals surface area contributed by atoms with Crippen molar-refractivity contribution >= 4 is 15.9 Å². The molecule has 2 rings (SSSR count). The molecule has 0 N–H and O–H groups in total. The molecule has 0 radical (unpaired) electrons. The third-order valence-corrected chi connectivity index (χ3v) is 4.10. The van der Waals surface area contributed by atoms with Crippen molar-refractivity contribution in [2.24, 2.45) is 0 Å². The standard InChI is InChI=1S/C15H19BrN2O/c16-13-5-7-15(8-6-13)19-12-11-18(10-9-17)14-3-1-2-4-14/h5-8,14H,1-4,10-12H2. The van der Waals surface area contributed by atoms with Gasteiger partial charge in [0.2, 0.25) is 0 Å². The maximum absolute atomic E-state index is 8.91. The Bertz CT molecular complexity index is 421. The molecule has 3 nitrogen and oxygen atoms in total. The lowest BCUT2D eigenvalue weighted by Gasteiger charge is -2.25. The molecule has 0 bridgehead atoms. The van der Waals surface area contributed by atoms with E-state index in [1.54, 1.807) is 0 Å². The van der Waals surface area contributed by atoms with Crippen LogP contribution in [0.15, 0.2) is 28.7 Å². The Kier molecular flexibility index (Phi) is 5.68. The van der Waals surface area contributed by atoms with Crippen LogP contribution in [0, 0.1) is 11.3 Å². The van der Waals surface area contributed by atoms with Crippen LogP contribution in [0.3, 0.4) is 0 Å². The highest BCUT2D eigenvalue weighted by molar-refractivity contribution is 9.10. The number of ether oxygens (including phenoxy) is 1. The molecular formula is C15H19BrN2O. The molecule has 0 aliphatic heterocycles. The summed E-state index contributed by atoms with van der Waals surface area (Å²) in [7, 11) is 0. The first kappa shape index (κ1) is 14.4. The number of rotatable bonds is 6. The molecule has 19 heavy (non-hydrogen) atoms. The van der Waals surface area contributed by atoms with Gasteiger partial charge in [-0.05, 0) is 37.1 Å². The summed E-state index contributed by atoms with van der Waals surface area (Å²) in [6.45, 7) is 1.97. The molecule has 1 aromatic carbocycles. The Labute approximate surface area is 123 Å². The Balaban J connectivity index is 1.78. The fourth-order valence-corrected chi connectivity index (χ4v) is 2.83. The number of nitriles is 1. The van der Waals surface area contributed by atoms with Crippen molar-refractivity contribution in [2.75, 3.05) is 19.7 Å². The van der Waals surface area contributed by atoms with Crippen molar-refractivity contribution in [3.05, 3.63) is 28.7 Å². The van der Waals surface area contributed by atoms with Gasteiger partial charge in [-0.25, -0.2) is 0 Å². The number of hydrogen-bond acceptors (Lipinski definition) is 3. The van der Waals surface area contributed by atoms with Crippen LogP contribution < -0.4 is 4.74 Å². The van der Waals surface area contributed by atoms with Crippen LogP contribution in [0.4, 0.5) is 0 Å². The van der Waals surface area contributed by atoms with Crippen LogP contribution in [0.5, 0.6) is 5.75 Å². The molecule has 1 aromatic rings. The van der Waals surface area contributed by atoms with Crippen molar-refractivity contribution in [1.29, 1.82) is 5.26 Å². The van der Waals surface area contributed by atoms with Crippen molar-refractivity contribution < 1.29 is 4.74 Å². The molecule has 0 aromatic heterocycles. The predicted octanol–water partition coefficient (Wildman–Crippen LogP) is 3.60. The van der Waals surface area contributed by atoms with Gasteiger partial charge in [-0.15, -0.1) is 0 Å². The van der Waals surface area contributed by atoms with Crippen LogP contribution in [0.25, 0.3) is 0 Å². The Hall–Kier alpha value is -1.05. The van der Waals surface area contributed by atoms with Gasteiger partial charge >= 0.3 is 0 Å². The lowest BCUT2D eigenvalue weighted by Crippen LogP contribution is -2.36. The summed E-state index contributed by atoms with van der Waals surface area (Å²) in [4.78, 5) is 2.26. The van der Waals surface area contributed by atoms with E-state index in [0.717, 1.165) is 16.8 Å². The van der Waals surface area contributed by atoms with Gasteiger partial charge in [0.1, 0.15) is 12.4 Å². The second-order valence-corrected chi connectivity index (χ2v) is 5.78. The van der Waals surface area contributed by atoms with Crippen molar-refractivity contribution in [3.8, 4) is 11.8 Å². The third-order valence-electron chi connectivity index (χ3n) is 3.58. The van der Waals surface area contributed by atoms with E-state index in [1.165, 1.54) is 25.7 Å². The first-order valence-electron chi connectivity index (χ1n) is 6.79. The van der Waals surface area contributed by atoms with E-state index in [4.69, 9.17) is 10.00 Å². The van der Waals surface area contributed by atoms with Gasteiger partial charge < -0.3 is 4.74 Å². The minimum atomic E-state index is 0.508. The maximum atomic E-state index is 8.91. The summed E-state index contributed by atoms with van der Waals surface area (Å²) >= 11 is 3.40. The Morgan fingerprint density at radius 3 is 2.58 bits per heavy atom. The average molecular weight is 323 g/mol. The van der Waals surface area contributed by atoms with E-state index >= 15 is 0 Å². The SMILES string of the molecule is N#CCN(CCOc1ccc(Br)cc1)C1CCCC1. The Morgan fingerprint density at radius 1 is 1.26 bits per heavy atom. The predicted molar refractivity (Wildman–Crippen MR) is 79.1 cm³/mol. The number of nitrogens with zero attached hydrogens (tertiary/aromatic N) is 2. The van der Waals surface area contributed by atoms with Gasteiger partial charge in [0.05, 0.1) is 12.6 Å². The van der Waals surface area contributed by atoms with Gasteiger partial charge in [0.25, 0.3) is 0 Å². The highest BCUT2D eigenvalue weighted by Crippen LogP contribution is 2.23. The minimum absolute atomic E-state index is 0.508. The molecule has 4 heteroatoms. The molecule has 1 fully saturated rings. The Morgan fingerprint density at radius 2 is 1.95 bits per heavy atom. The zero-order valence-corrected chi connectivity index (χ0v) is 12.6. The highest BCUT2D eigenvalue weighted by Gasteiger charge is 2.21. The second-order valence-electron chi connectivity index (χ2n) is 4.87. The first-order chi connectivity index (χ1) is 9.29. The van der Waals surface area contributed by atoms with Crippen molar-refractivity contribution in [2.45, 2.75) is 31.7 Å². The molecule has 102 valence electrons. The summed E-state index contributed by atoms with van der Waals surface area (Å²) in [5.74, 6) is 0.881. The summed E-state index contributed by atoms with van der Waals surface area (Å²) in [5.41, 5.74) is 0. The molecular weight excluding hydrogens is 304 g/mol. The third kappa shape index (κ3) is 4.52. The largest absolute Gasteiger partial charge is 0.492 e. The monoisotopic (exact) mass is 322 g/mol. The summed E-state index contributed by atoms with van der Waals surface area (Å²) < 4.78 is 6.78. The van der Waals surface area contributed by atoms with E-state index in [9.17, 15) is 0 Å². The van der Waals surface area contributed by atoms with E-state index < -0.39 is 0 Å². The lowest BCUT2D eigenvalue weighted by atomic mass is 10.2. The quantitative estimate of drug-likeness (QED) is 0.751. The molecule has 0 spiro atoms. The number of hydrogen-bond donors (Lipinski definition) is 0. The molecule has 0 atom stereocenters. The van der Waals surface area contributed by atoms with Gasteiger partial charge in [0.15, 0.2) is 0 Å². The molecule has 1 aliphatic carbocycles. The summed E-state index contributed by atoms with van der Waals surface area (Å²) in [6, 6.07) is 10.7. The summed E-state index contributed by atoms with van der Waals surface area (Å²) in [6.07, 6.45) is 5.03. The van der Waals surface area contributed by atoms with Gasteiger partial charge in [-0.1, -0.05) is 28.8 Å². The van der Waals surface area contributed by atoms with Crippen LogP contribution >= 0.6 is 15.9 Å². The van der Waals surface area contributed by atoms with Crippen molar-refractivity contribution in [3.63, 3.8) is 0 Å². The van der Waals surface area contributed by atoms with E-state index in [2.05, 4.69) is 26.9 Å². The topological polar surface area (TPSA) is 36.3 Å². The lowest BCUT2D eigenvalue weighted by molar-refractivity contribution is 0.177. The normalized spacial score (nSPS) is 15.6. The second kappa shape index (κ2) is 7.52. The number of benzene rings is 1. The smallest absolute Gasteiger partial charge is 0.119 e. The first-order valence-corrected chi connectivity index (χ1v) is 7.58. The van der Waals surface area contributed by atoms with Gasteiger partial charge in [-0.2, -0.15) is 5.26 Å². The number of halogens is 1. The molecule has 1 aliphatic rings. The van der Waals surface area contributed by atoms with Crippen LogP contribution in [-0.4, -0.2) is 30.6 Å². The zero-order valence-electron chi connectivity index (χ0n) is 11.0. The van der Waals surface area contributed by atoms with Crippen molar-refractivity contribution in [1.82, 2.24) is 4.90 Å². The molecule has 0 amide bonds. The van der Waals surface area contributed by atoms with Crippen LogP contribution in [-0.2, 0) is 0 Å². The van der Waals surface area contributed by atoms with Gasteiger partial charge in [-0.3, -0.25) is 4.90 Å². The molecule has 0 saturated heterocycles. The molecule has 0 heterocycles. The highest BCUT2D eigenvalue weighted by atomic mass is 79.9. The van der Waals surface area contributed by atoms with Gasteiger partial charge in [0, 0.05) is 17.1 Å². The minimum Gasteiger partial charge on any atom is -0.492 e.